The van der Waals surface area contributed by atoms with Gasteiger partial charge in [0.05, 0.1) is 5.56 Å². The van der Waals surface area contributed by atoms with Gasteiger partial charge in [0.2, 0.25) is 5.91 Å². The van der Waals surface area contributed by atoms with Crippen LogP contribution in [0.25, 0.3) is 0 Å². The van der Waals surface area contributed by atoms with Gasteiger partial charge in [0.25, 0.3) is 5.56 Å². The number of alkyl halides is 3. The molecule has 1 aliphatic heterocycles. The van der Waals surface area contributed by atoms with Crippen LogP contribution in [0.1, 0.15) is 51.3 Å². The molecule has 158 valence electrons. The first-order chi connectivity index (χ1) is 12.8. The number of aromatic nitrogens is 1. The van der Waals surface area contributed by atoms with Crippen molar-refractivity contribution in [2.24, 2.45) is 11.3 Å². The quantitative estimate of drug-likeness (QED) is 0.764. The molecule has 0 aliphatic carbocycles. The molecule has 0 bridgehead atoms. The van der Waals surface area contributed by atoms with Gasteiger partial charge in [0.1, 0.15) is 6.04 Å². The van der Waals surface area contributed by atoms with Crippen LogP contribution in [-0.4, -0.2) is 42.1 Å². The molecule has 2 heterocycles. The molecule has 28 heavy (non-hydrogen) atoms. The Labute approximate surface area is 163 Å². The van der Waals surface area contributed by atoms with E-state index in [1.807, 2.05) is 13.8 Å². The lowest BCUT2D eigenvalue weighted by Crippen LogP contribution is -2.53. The summed E-state index contributed by atoms with van der Waals surface area (Å²) in [5.74, 6) is -0.283. The Balaban J connectivity index is 2.38. The number of carbonyl (C=O) groups is 1. The molecule has 1 N–H and O–H groups in total. The molecule has 1 amide bonds. The van der Waals surface area contributed by atoms with Gasteiger partial charge in [0.15, 0.2) is 0 Å². The normalized spacial score (nSPS) is 18.0. The highest BCUT2D eigenvalue weighted by Gasteiger charge is 2.37. The minimum atomic E-state index is -4.61. The van der Waals surface area contributed by atoms with Crippen molar-refractivity contribution in [3.63, 3.8) is 0 Å². The van der Waals surface area contributed by atoms with Crippen molar-refractivity contribution in [3.8, 4) is 0 Å². The van der Waals surface area contributed by atoms with E-state index >= 15 is 0 Å². The molecule has 8 heteroatoms. The number of nitrogens with zero attached hydrogens (tertiary/aromatic N) is 2. The van der Waals surface area contributed by atoms with Crippen LogP contribution in [0, 0.1) is 11.3 Å². The number of likely N-dealkylation sites (N-methyl/N-ethyl adjacent to an activating group) is 1. The highest BCUT2D eigenvalue weighted by Crippen LogP contribution is 2.33. The molecular weight excluding hydrogens is 371 g/mol. The third kappa shape index (κ3) is 5.37. The molecule has 1 saturated heterocycles. The molecule has 5 nitrogen and oxygen atoms in total. The number of hydrogen-bond donors (Lipinski definition) is 1. The summed E-state index contributed by atoms with van der Waals surface area (Å²) in [6.45, 7) is 10.2. The van der Waals surface area contributed by atoms with Gasteiger partial charge < -0.3 is 14.8 Å². The molecule has 2 rings (SSSR count). The summed E-state index contributed by atoms with van der Waals surface area (Å²) in [4.78, 5) is 26.8. The van der Waals surface area contributed by atoms with Crippen LogP contribution >= 0.6 is 0 Å². The van der Waals surface area contributed by atoms with E-state index < -0.39 is 23.3 Å². The van der Waals surface area contributed by atoms with E-state index in [2.05, 4.69) is 24.1 Å². The summed E-state index contributed by atoms with van der Waals surface area (Å²) < 4.78 is 41.7. The van der Waals surface area contributed by atoms with Crippen LogP contribution in [-0.2, 0) is 17.4 Å². The van der Waals surface area contributed by atoms with E-state index in [9.17, 15) is 22.8 Å². The number of carbonyl (C=O) groups excluding carboxylic acids is 1. The van der Waals surface area contributed by atoms with Gasteiger partial charge in [-0.3, -0.25) is 9.59 Å². The highest BCUT2D eigenvalue weighted by atomic mass is 19.4. The summed E-state index contributed by atoms with van der Waals surface area (Å²) >= 11 is 0. The maximum Gasteiger partial charge on any atom is 0.416 e. The van der Waals surface area contributed by atoms with Crippen LogP contribution in [0.15, 0.2) is 17.1 Å². The average Bonchev–Trinajstić information content (AvgIpc) is 2.54. The van der Waals surface area contributed by atoms with Gasteiger partial charge in [-0.2, -0.15) is 13.2 Å². The largest absolute Gasteiger partial charge is 0.416 e. The zero-order valence-corrected chi connectivity index (χ0v) is 17.2. The zero-order chi connectivity index (χ0) is 21.3. The van der Waals surface area contributed by atoms with E-state index in [0.29, 0.717) is 19.0 Å². The number of pyridine rings is 1. The Morgan fingerprint density at radius 1 is 1.29 bits per heavy atom. The molecule has 1 atom stereocenters. The monoisotopic (exact) mass is 401 g/mol. The SMILES string of the molecule is CNC(=O)C(CC(C)C)n1cc(CCN2CC(C)(C)C2)c(C(F)(F)F)cc1=O. The first-order valence-corrected chi connectivity index (χ1v) is 9.60. The summed E-state index contributed by atoms with van der Waals surface area (Å²) in [6, 6.07) is -0.201. The fraction of sp³-hybridized carbons (Fsp3) is 0.700. The van der Waals surface area contributed by atoms with E-state index in [-0.39, 0.29) is 29.2 Å². The Kier molecular flexibility index (Phi) is 6.63. The zero-order valence-electron chi connectivity index (χ0n) is 17.2. The lowest BCUT2D eigenvalue weighted by Gasteiger charge is -2.46. The van der Waals surface area contributed by atoms with Crippen molar-refractivity contribution >= 4 is 5.91 Å². The predicted octanol–water partition coefficient (Wildman–Crippen LogP) is 3.08. The minimum Gasteiger partial charge on any atom is -0.357 e. The van der Waals surface area contributed by atoms with Gasteiger partial charge in [0, 0.05) is 38.9 Å². The van der Waals surface area contributed by atoms with Crippen molar-refractivity contribution in [1.29, 1.82) is 0 Å². The lowest BCUT2D eigenvalue weighted by molar-refractivity contribution is -0.138. The molecule has 0 aromatic carbocycles. The summed E-state index contributed by atoms with van der Waals surface area (Å²) in [6.07, 6.45) is -2.83. The fourth-order valence-electron chi connectivity index (χ4n) is 3.86. The number of halogens is 3. The lowest BCUT2D eigenvalue weighted by atomic mass is 9.84. The van der Waals surface area contributed by atoms with Crippen molar-refractivity contribution < 1.29 is 18.0 Å². The van der Waals surface area contributed by atoms with Crippen LogP contribution in [0.5, 0.6) is 0 Å². The van der Waals surface area contributed by atoms with E-state index in [4.69, 9.17) is 0 Å². The third-order valence-electron chi connectivity index (χ3n) is 5.05. The van der Waals surface area contributed by atoms with Crippen LogP contribution in [0.3, 0.4) is 0 Å². The fourth-order valence-corrected chi connectivity index (χ4v) is 3.86. The smallest absolute Gasteiger partial charge is 0.357 e. The molecule has 1 unspecified atom stereocenters. The molecule has 1 aromatic heterocycles. The molecule has 1 fully saturated rings. The van der Waals surface area contributed by atoms with E-state index in [1.165, 1.54) is 13.2 Å². The number of nitrogens with one attached hydrogen (secondary N) is 1. The van der Waals surface area contributed by atoms with Crippen molar-refractivity contribution in [1.82, 2.24) is 14.8 Å². The second-order valence-corrected chi connectivity index (χ2v) is 8.84. The number of rotatable bonds is 7. The molecule has 1 aliphatic rings. The maximum absolute atomic E-state index is 13.5. The van der Waals surface area contributed by atoms with Crippen molar-refractivity contribution in [2.45, 2.75) is 52.8 Å². The summed E-state index contributed by atoms with van der Waals surface area (Å²) in [5.41, 5.74) is -1.48. The summed E-state index contributed by atoms with van der Waals surface area (Å²) in [7, 11) is 1.46. The predicted molar refractivity (Wildman–Crippen MR) is 102 cm³/mol. The van der Waals surface area contributed by atoms with Crippen molar-refractivity contribution in [3.05, 3.63) is 33.7 Å². The molecule has 0 radical (unpaired) electrons. The van der Waals surface area contributed by atoms with Gasteiger partial charge in [-0.25, -0.2) is 0 Å². The Bertz CT molecular complexity index is 761. The summed E-state index contributed by atoms with van der Waals surface area (Å²) in [5, 5.41) is 2.51. The van der Waals surface area contributed by atoms with E-state index in [0.717, 1.165) is 17.7 Å². The van der Waals surface area contributed by atoms with Gasteiger partial charge in [-0.05, 0) is 29.7 Å². The van der Waals surface area contributed by atoms with Crippen molar-refractivity contribution in [2.75, 3.05) is 26.7 Å². The van der Waals surface area contributed by atoms with Gasteiger partial charge in [-0.1, -0.05) is 27.7 Å². The van der Waals surface area contributed by atoms with Crippen LogP contribution < -0.4 is 10.9 Å². The number of amides is 1. The topological polar surface area (TPSA) is 54.3 Å². The standard InChI is InChI=1S/C20H30F3N3O2/c1-13(2)8-16(18(28)24-5)26-10-14(6-7-25-11-19(3,4)12-25)15(9-17(26)27)20(21,22)23/h9-10,13,16H,6-8,11-12H2,1-5H3,(H,24,28). The first-order valence-electron chi connectivity index (χ1n) is 9.60. The molecule has 0 spiro atoms. The minimum absolute atomic E-state index is 0.0504. The van der Waals surface area contributed by atoms with Crippen LogP contribution in [0.4, 0.5) is 13.2 Å². The van der Waals surface area contributed by atoms with Gasteiger partial charge >= 0.3 is 6.18 Å². The Hall–Kier alpha value is -1.83. The van der Waals surface area contributed by atoms with Gasteiger partial charge in [-0.15, -0.1) is 0 Å². The second kappa shape index (κ2) is 8.27. The maximum atomic E-state index is 13.5. The number of likely N-dealkylation sites (tertiary alicyclic amines) is 1. The second-order valence-electron chi connectivity index (χ2n) is 8.84. The molecular formula is C20H30F3N3O2. The molecule has 1 aromatic rings. The van der Waals surface area contributed by atoms with Crippen LogP contribution in [0.2, 0.25) is 0 Å². The third-order valence-corrected chi connectivity index (χ3v) is 5.05. The highest BCUT2D eigenvalue weighted by molar-refractivity contribution is 5.80. The first kappa shape index (κ1) is 22.5. The average molecular weight is 401 g/mol. The van der Waals surface area contributed by atoms with E-state index in [1.54, 1.807) is 0 Å². The Morgan fingerprint density at radius 2 is 1.89 bits per heavy atom. The molecule has 0 saturated carbocycles. The Morgan fingerprint density at radius 3 is 2.36 bits per heavy atom. The number of hydrogen-bond acceptors (Lipinski definition) is 3.